The molecule has 0 aliphatic heterocycles. The number of H-pyrrole nitrogens is 1. The minimum Gasteiger partial charge on any atom is -0.503 e. The summed E-state index contributed by atoms with van der Waals surface area (Å²) in [5.74, 6) is -0.207. The summed E-state index contributed by atoms with van der Waals surface area (Å²) in [5, 5.41) is 10.6. The molecule has 0 amide bonds. The maximum atomic E-state index is 11.1. The number of pyridine rings is 1. The van der Waals surface area contributed by atoms with E-state index < -0.39 is 0 Å². The third-order valence-electron chi connectivity index (χ3n) is 3.27. The minimum atomic E-state index is -0.344. The zero-order chi connectivity index (χ0) is 13.2. The van der Waals surface area contributed by atoms with Crippen LogP contribution in [-0.4, -0.2) is 14.7 Å². The summed E-state index contributed by atoms with van der Waals surface area (Å²) in [6.07, 6.45) is 6.01. The Hall–Kier alpha value is -2.49. The second-order valence-electron chi connectivity index (χ2n) is 4.54. The number of rotatable bonds is 3. The number of aromatic amines is 1. The minimum absolute atomic E-state index is 0.207. The van der Waals surface area contributed by atoms with E-state index in [0.29, 0.717) is 0 Å². The topological polar surface area (TPSA) is 58.0 Å². The molecule has 1 aromatic carbocycles. The fourth-order valence-electron chi connectivity index (χ4n) is 2.24. The van der Waals surface area contributed by atoms with E-state index in [4.69, 9.17) is 0 Å². The van der Waals surface area contributed by atoms with E-state index in [2.05, 4.69) is 11.1 Å². The summed E-state index contributed by atoms with van der Waals surface area (Å²) in [6, 6.07) is 9.53. The standard InChI is InChI=1S/C15H14N2O2/c18-14-6-8-17(10-15(14)19)7-5-11-9-16-13-4-2-1-3-12(11)13/h1-4,6,8-10,16,19H,5,7H2. The quantitative estimate of drug-likeness (QED) is 0.753. The van der Waals surface area contributed by atoms with Crippen molar-refractivity contribution in [2.75, 3.05) is 0 Å². The van der Waals surface area contributed by atoms with Crippen molar-refractivity contribution < 1.29 is 5.11 Å². The van der Waals surface area contributed by atoms with Crippen molar-refractivity contribution in [3.8, 4) is 5.75 Å². The number of hydrogen-bond donors (Lipinski definition) is 2. The van der Waals surface area contributed by atoms with Crippen LogP contribution in [0.1, 0.15) is 5.56 Å². The first kappa shape index (κ1) is 11.6. The lowest BCUT2D eigenvalue weighted by Gasteiger charge is -2.05. The molecule has 0 aliphatic rings. The van der Waals surface area contributed by atoms with Gasteiger partial charge in [0, 0.05) is 42.1 Å². The molecule has 0 radical (unpaired) electrons. The Morgan fingerprint density at radius 3 is 2.89 bits per heavy atom. The summed E-state index contributed by atoms with van der Waals surface area (Å²) >= 11 is 0. The number of para-hydroxylation sites is 1. The second kappa shape index (κ2) is 4.65. The molecule has 0 saturated carbocycles. The van der Waals surface area contributed by atoms with E-state index in [1.165, 1.54) is 23.2 Å². The van der Waals surface area contributed by atoms with Crippen LogP contribution >= 0.6 is 0 Å². The Morgan fingerprint density at radius 2 is 2.05 bits per heavy atom. The van der Waals surface area contributed by atoms with E-state index in [0.717, 1.165) is 18.5 Å². The normalized spacial score (nSPS) is 10.9. The molecule has 2 aromatic heterocycles. The zero-order valence-corrected chi connectivity index (χ0v) is 10.3. The number of benzene rings is 1. The van der Waals surface area contributed by atoms with Crippen molar-refractivity contribution in [2.24, 2.45) is 0 Å². The van der Waals surface area contributed by atoms with Gasteiger partial charge in [-0.2, -0.15) is 0 Å². The van der Waals surface area contributed by atoms with Gasteiger partial charge in [0.15, 0.2) is 5.75 Å². The maximum Gasteiger partial charge on any atom is 0.223 e. The highest BCUT2D eigenvalue weighted by Gasteiger charge is 2.03. The molecule has 3 rings (SSSR count). The summed E-state index contributed by atoms with van der Waals surface area (Å²) in [5.41, 5.74) is 2.01. The van der Waals surface area contributed by atoms with Crippen LogP contribution < -0.4 is 5.43 Å². The zero-order valence-electron chi connectivity index (χ0n) is 10.3. The van der Waals surface area contributed by atoms with Crippen LogP contribution in [0.5, 0.6) is 5.75 Å². The average molecular weight is 254 g/mol. The maximum absolute atomic E-state index is 11.1. The molecule has 0 spiro atoms. The number of aromatic nitrogens is 2. The van der Waals surface area contributed by atoms with Gasteiger partial charge in [0.2, 0.25) is 5.43 Å². The van der Waals surface area contributed by atoms with Gasteiger partial charge in [-0.15, -0.1) is 0 Å². The van der Waals surface area contributed by atoms with Crippen molar-refractivity contribution >= 4 is 10.9 Å². The van der Waals surface area contributed by atoms with Gasteiger partial charge in [0.05, 0.1) is 0 Å². The van der Waals surface area contributed by atoms with Crippen molar-refractivity contribution in [1.29, 1.82) is 0 Å². The Bertz CT molecular complexity index is 771. The van der Waals surface area contributed by atoms with Gasteiger partial charge in [-0.25, -0.2) is 0 Å². The summed E-state index contributed by atoms with van der Waals surface area (Å²) in [7, 11) is 0. The number of nitrogens with one attached hydrogen (secondary N) is 1. The van der Waals surface area contributed by atoms with Gasteiger partial charge in [-0.3, -0.25) is 4.79 Å². The first-order chi connectivity index (χ1) is 9.24. The monoisotopic (exact) mass is 254 g/mol. The lowest BCUT2D eigenvalue weighted by molar-refractivity contribution is 0.460. The molecule has 0 fully saturated rings. The van der Waals surface area contributed by atoms with Gasteiger partial charge in [-0.1, -0.05) is 18.2 Å². The van der Waals surface area contributed by atoms with E-state index in [9.17, 15) is 9.90 Å². The summed E-state index contributed by atoms with van der Waals surface area (Å²) in [6.45, 7) is 0.718. The van der Waals surface area contributed by atoms with Crippen molar-refractivity contribution in [3.63, 3.8) is 0 Å². The van der Waals surface area contributed by atoms with Crippen LogP contribution in [0.2, 0.25) is 0 Å². The van der Waals surface area contributed by atoms with Crippen LogP contribution in [0.3, 0.4) is 0 Å². The van der Waals surface area contributed by atoms with Crippen molar-refractivity contribution in [3.05, 3.63) is 64.7 Å². The fraction of sp³-hybridized carbons (Fsp3) is 0.133. The predicted molar refractivity (Wildman–Crippen MR) is 74.4 cm³/mol. The second-order valence-corrected chi connectivity index (χ2v) is 4.54. The first-order valence-electron chi connectivity index (χ1n) is 6.18. The number of aryl methyl sites for hydroxylation is 2. The molecule has 0 bridgehead atoms. The van der Waals surface area contributed by atoms with Crippen LogP contribution in [-0.2, 0) is 13.0 Å². The predicted octanol–water partition coefficient (Wildman–Crippen LogP) is 2.28. The summed E-state index contributed by atoms with van der Waals surface area (Å²) in [4.78, 5) is 14.3. The van der Waals surface area contributed by atoms with E-state index in [1.54, 1.807) is 6.20 Å². The van der Waals surface area contributed by atoms with Gasteiger partial charge in [-0.05, 0) is 18.1 Å². The molecule has 0 aliphatic carbocycles. The SMILES string of the molecule is O=c1ccn(CCc2c[nH]c3ccccc23)cc1O. The molecular formula is C15H14N2O2. The molecule has 0 atom stereocenters. The molecular weight excluding hydrogens is 240 g/mol. The number of nitrogens with zero attached hydrogens (tertiary/aromatic N) is 1. The Kier molecular flexibility index (Phi) is 2.83. The van der Waals surface area contributed by atoms with Gasteiger partial charge in [0.1, 0.15) is 0 Å². The van der Waals surface area contributed by atoms with Crippen molar-refractivity contribution in [1.82, 2.24) is 9.55 Å². The largest absolute Gasteiger partial charge is 0.503 e. The van der Waals surface area contributed by atoms with Crippen molar-refractivity contribution in [2.45, 2.75) is 13.0 Å². The first-order valence-corrected chi connectivity index (χ1v) is 6.18. The lowest BCUT2D eigenvalue weighted by Crippen LogP contribution is -2.06. The van der Waals surface area contributed by atoms with Crippen LogP contribution in [0.15, 0.2) is 53.7 Å². The molecule has 2 N–H and O–H groups in total. The lowest BCUT2D eigenvalue weighted by atomic mass is 10.1. The summed E-state index contributed by atoms with van der Waals surface area (Å²) < 4.78 is 1.82. The highest BCUT2D eigenvalue weighted by atomic mass is 16.3. The van der Waals surface area contributed by atoms with Crippen LogP contribution in [0.25, 0.3) is 10.9 Å². The molecule has 3 aromatic rings. The van der Waals surface area contributed by atoms with Gasteiger partial charge in [0.25, 0.3) is 0 Å². The average Bonchev–Trinajstić information content (AvgIpc) is 2.83. The molecule has 2 heterocycles. The molecule has 0 unspecified atom stereocenters. The highest BCUT2D eigenvalue weighted by Crippen LogP contribution is 2.18. The molecule has 0 saturated heterocycles. The number of hydrogen-bond acceptors (Lipinski definition) is 2. The van der Waals surface area contributed by atoms with Gasteiger partial charge < -0.3 is 14.7 Å². The fourth-order valence-corrected chi connectivity index (χ4v) is 2.24. The molecule has 96 valence electrons. The highest BCUT2D eigenvalue weighted by molar-refractivity contribution is 5.82. The smallest absolute Gasteiger partial charge is 0.223 e. The molecule has 19 heavy (non-hydrogen) atoms. The Morgan fingerprint density at radius 1 is 1.21 bits per heavy atom. The van der Waals surface area contributed by atoms with E-state index in [1.807, 2.05) is 29.0 Å². The van der Waals surface area contributed by atoms with Crippen LogP contribution in [0.4, 0.5) is 0 Å². The Labute approximate surface area is 109 Å². The van der Waals surface area contributed by atoms with Crippen LogP contribution in [0, 0.1) is 0 Å². The number of fused-ring (bicyclic) bond motifs is 1. The third kappa shape index (κ3) is 2.25. The van der Waals surface area contributed by atoms with E-state index >= 15 is 0 Å². The molecule has 4 heteroatoms. The Balaban J connectivity index is 1.82. The van der Waals surface area contributed by atoms with Gasteiger partial charge >= 0.3 is 0 Å². The third-order valence-corrected chi connectivity index (χ3v) is 3.27. The van der Waals surface area contributed by atoms with E-state index in [-0.39, 0.29) is 11.2 Å². The number of aromatic hydroxyl groups is 1. The molecule has 4 nitrogen and oxygen atoms in total.